The van der Waals surface area contributed by atoms with Gasteiger partial charge in [0.15, 0.2) is 5.82 Å². The Morgan fingerprint density at radius 1 is 1.16 bits per heavy atom. The van der Waals surface area contributed by atoms with E-state index in [1.54, 1.807) is 6.92 Å². The number of nitrogens with zero attached hydrogens (tertiary/aromatic N) is 3. The predicted octanol–water partition coefficient (Wildman–Crippen LogP) is 2.96. The van der Waals surface area contributed by atoms with Gasteiger partial charge >= 0.3 is 10.2 Å². The van der Waals surface area contributed by atoms with Gasteiger partial charge in [0.1, 0.15) is 17.7 Å². The van der Waals surface area contributed by atoms with E-state index in [2.05, 4.69) is 10.3 Å². The van der Waals surface area contributed by atoms with E-state index in [4.69, 9.17) is 0 Å². The van der Waals surface area contributed by atoms with Crippen LogP contribution in [0.2, 0.25) is 0 Å². The molecular formula is C20H20F3N5O3S. The maximum atomic E-state index is 15.1. The number of benzene rings is 2. The van der Waals surface area contributed by atoms with Crippen molar-refractivity contribution < 1.29 is 21.6 Å². The van der Waals surface area contributed by atoms with Gasteiger partial charge in [-0.2, -0.15) is 12.7 Å². The number of alkyl halides is 1. The highest BCUT2D eigenvalue weighted by atomic mass is 32.2. The number of fused-ring (bicyclic) bond motifs is 1. The first-order chi connectivity index (χ1) is 15.1. The smallest absolute Gasteiger partial charge is 0.301 e. The molecule has 0 amide bonds. The van der Waals surface area contributed by atoms with E-state index in [-0.39, 0.29) is 36.1 Å². The number of aromatic nitrogens is 2. The summed E-state index contributed by atoms with van der Waals surface area (Å²) in [6, 6.07) is 4.91. The maximum absolute atomic E-state index is 15.1. The second-order valence-corrected chi connectivity index (χ2v) is 9.22. The number of anilines is 3. The molecule has 170 valence electrons. The summed E-state index contributed by atoms with van der Waals surface area (Å²) >= 11 is 0. The molecule has 0 unspecified atom stereocenters. The molecule has 2 N–H and O–H groups in total. The molecule has 1 saturated heterocycles. The van der Waals surface area contributed by atoms with Crippen LogP contribution in [0.25, 0.3) is 10.9 Å². The summed E-state index contributed by atoms with van der Waals surface area (Å²) in [6.45, 7) is 1.24. The topological polar surface area (TPSA) is 96.3 Å². The minimum absolute atomic E-state index is 0.0380. The molecule has 1 aliphatic heterocycles. The van der Waals surface area contributed by atoms with Crippen molar-refractivity contribution in [3.63, 3.8) is 0 Å². The molecular weight excluding hydrogens is 447 g/mol. The van der Waals surface area contributed by atoms with Gasteiger partial charge in [0, 0.05) is 25.8 Å². The van der Waals surface area contributed by atoms with Gasteiger partial charge in [-0.25, -0.2) is 18.2 Å². The lowest BCUT2D eigenvalue weighted by molar-refractivity contribution is 0.343. The molecule has 3 aromatic rings. The van der Waals surface area contributed by atoms with Gasteiger partial charge in [-0.3, -0.25) is 9.52 Å². The van der Waals surface area contributed by atoms with E-state index in [9.17, 15) is 22.0 Å². The van der Waals surface area contributed by atoms with Gasteiger partial charge in [0.2, 0.25) is 0 Å². The molecule has 0 aliphatic carbocycles. The Hall–Kier alpha value is -3.12. The van der Waals surface area contributed by atoms with E-state index in [0.29, 0.717) is 11.1 Å². The normalized spacial score (nSPS) is 17.1. The Bertz CT molecular complexity index is 1380. The first-order valence-electron chi connectivity index (χ1n) is 9.70. The number of nitrogens with one attached hydrogen (secondary N) is 2. The molecule has 0 bridgehead atoms. The van der Waals surface area contributed by atoms with Crippen molar-refractivity contribution in [3.05, 3.63) is 58.1 Å². The Balaban J connectivity index is 1.70. The third-order valence-corrected chi connectivity index (χ3v) is 6.86. The van der Waals surface area contributed by atoms with Gasteiger partial charge in [-0.05, 0) is 43.2 Å². The van der Waals surface area contributed by atoms with Crippen LogP contribution in [0.1, 0.15) is 12.0 Å². The third kappa shape index (κ3) is 3.91. The molecule has 0 spiro atoms. The highest BCUT2D eigenvalue weighted by molar-refractivity contribution is 7.90. The number of halogens is 3. The molecule has 4 rings (SSSR count). The lowest BCUT2D eigenvalue weighted by Crippen LogP contribution is -2.34. The summed E-state index contributed by atoms with van der Waals surface area (Å²) in [5.74, 6) is -2.14. The van der Waals surface area contributed by atoms with Crippen LogP contribution in [0.3, 0.4) is 0 Å². The zero-order valence-electron chi connectivity index (χ0n) is 17.2. The highest BCUT2D eigenvalue weighted by Crippen LogP contribution is 2.32. The van der Waals surface area contributed by atoms with E-state index in [0.717, 1.165) is 16.4 Å². The van der Waals surface area contributed by atoms with Gasteiger partial charge in [-0.15, -0.1) is 0 Å². The Kier molecular flexibility index (Phi) is 5.59. The molecule has 2 aromatic carbocycles. The minimum atomic E-state index is -4.22. The summed E-state index contributed by atoms with van der Waals surface area (Å²) < 4.78 is 72.1. The SMILES string of the molecule is Cc1c(Nc2c(F)ccc(NS(=O)(=O)N3CC[C@@H](F)C3)c2F)ccc2ncn(C)c(=O)c12. The van der Waals surface area contributed by atoms with Crippen molar-refractivity contribution >= 4 is 38.2 Å². The van der Waals surface area contributed by atoms with Crippen molar-refractivity contribution in [2.45, 2.75) is 19.5 Å². The molecule has 0 radical (unpaired) electrons. The number of hydrogen-bond donors (Lipinski definition) is 2. The fourth-order valence-electron chi connectivity index (χ4n) is 3.58. The summed E-state index contributed by atoms with van der Waals surface area (Å²) in [7, 11) is -2.68. The summed E-state index contributed by atoms with van der Waals surface area (Å²) in [6.07, 6.45) is 0.132. The van der Waals surface area contributed by atoms with Crippen LogP contribution in [-0.2, 0) is 17.3 Å². The molecule has 1 aromatic heterocycles. The summed E-state index contributed by atoms with van der Waals surface area (Å²) in [5, 5.41) is 2.90. The van der Waals surface area contributed by atoms with Crippen LogP contribution >= 0.6 is 0 Å². The second kappa shape index (κ2) is 8.10. The lowest BCUT2D eigenvalue weighted by Gasteiger charge is -2.19. The molecule has 2 heterocycles. The Morgan fingerprint density at radius 3 is 2.56 bits per heavy atom. The number of aryl methyl sites for hydroxylation is 2. The van der Waals surface area contributed by atoms with Crippen molar-refractivity contribution in [2.75, 3.05) is 23.1 Å². The first-order valence-corrected chi connectivity index (χ1v) is 11.1. The largest absolute Gasteiger partial charge is 0.350 e. The molecule has 0 saturated carbocycles. The minimum Gasteiger partial charge on any atom is -0.350 e. The van der Waals surface area contributed by atoms with E-state index < -0.39 is 39.4 Å². The standard InChI is InChI=1S/C20H20F3N5O3S/c1-11-14(5-6-15-17(11)20(29)27(2)10-24-15)25-19-13(22)3-4-16(18(19)23)26-32(30,31)28-8-7-12(21)9-28/h3-6,10,12,25-26H,7-9H2,1-2H3/t12-/m1/s1. The van der Waals surface area contributed by atoms with E-state index >= 15 is 4.39 Å². The Morgan fingerprint density at radius 2 is 1.88 bits per heavy atom. The lowest BCUT2D eigenvalue weighted by atomic mass is 10.1. The van der Waals surface area contributed by atoms with Crippen molar-refractivity contribution in [1.29, 1.82) is 0 Å². The van der Waals surface area contributed by atoms with Crippen LogP contribution < -0.4 is 15.6 Å². The molecule has 8 nitrogen and oxygen atoms in total. The van der Waals surface area contributed by atoms with Crippen LogP contribution in [0.5, 0.6) is 0 Å². The average Bonchev–Trinajstić information content (AvgIpc) is 3.19. The zero-order valence-corrected chi connectivity index (χ0v) is 18.0. The van der Waals surface area contributed by atoms with Gasteiger partial charge < -0.3 is 9.88 Å². The average molecular weight is 467 g/mol. The monoisotopic (exact) mass is 467 g/mol. The van der Waals surface area contributed by atoms with Crippen LogP contribution in [0.15, 0.2) is 35.4 Å². The van der Waals surface area contributed by atoms with Crippen LogP contribution in [0.4, 0.5) is 30.2 Å². The van der Waals surface area contributed by atoms with Crippen molar-refractivity contribution in [2.24, 2.45) is 7.05 Å². The maximum Gasteiger partial charge on any atom is 0.301 e. The Labute approximate surface area is 181 Å². The first kappa shape index (κ1) is 22.1. The van der Waals surface area contributed by atoms with Gasteiger partial charge in [-0.1, -0.05) is 0 Å². The summed E-state index contributed by atoms with van der Waals surface area (Å²) in [4.78, 5) is 16.6. The number of hydrogen-bond acceptors (Lipinski definition) is 5. The fraction of sp³-hybridized carbons (Fsp3) is 0.300. The van der Waals surface area contributed by atoms with Crippen molar-refractivity contribution in [3.8, 4) is 0 Å². The zero-order chi connectivity index (χ0) is 23.2. The number of rotatable bonds is 5. The second-order valence-electron chi connectivity index (χ2n) is 7.55. The molecule has 32 heavy (non-hydrogen) atoms. The van der Waals surface area contributed by atoms with Crippen LogP contribution in [0, 0.1) is 18.6 Å². The quantitative estimate of drug-likeness (QED) is 0.602. The molecule has 1 fully saturated rings. The summed E-state index contributed by atoms with van der Waals surface area (Å²) in [5.41, 5.74) is -0.316. The van der Waals surface area contributed by atoms with Gasteiger partial charge in [0.25, 0.3) is 5.56 Å². The fourth-order valence-corrected chi connectivity index (χ4v) is 4.85. The predicted molar refractivity (Wildman–Crippen MR) is 115 cm³/mol. The van der Waals surface area contributed by atoms with Crippen molar-refractivity contribution in [1.82, 2.24) is 13.9 Å². The third-order valence-electron chi connectivity index (χ3n) is 5.37. The van der Waals surface area contributed by atoms with Crippen LogP contribution in [-0.4, -0.2) is 41.5 Å². The molecule has 1 aliphatic rings. The van der Waals surface area contributed by atoms with E-state index in [1.807, 2.05) is 4.72 Å². The van der Waals surface area contributed by atoms with E-state index in [1.165, 1.54) is 30.1 Å². The molecule has 1 atom stereocenters. The molecule has 12 heteroatoms. The highest BCUT2D eigenvalue weighted by Gasteiger charge is 2.32. The van der Waals surface area contributed by atoms with Gasteiger partial charge in [0.05, 0.1) is 22.9 Å².